The molecule has 0 saturated carbocycles. The fourth-order valence-corrected chi connectivity index (χ4v) is 4.05. The first-order chi connectivity index (χ1) is 15.9. The van der Waals surface area contributed by atoms with Gasteiger partial charge in [-0.1, -0.05) is 42.3 Å². The number of rotatable bonds is 6. The van der Waals surface area contributed by atoms with Crippen molar-refractivity contribution in [3.05, 3.63) is 81.3 Å². The number of ether oxygens (including phenoxy) is 1. The van der Waals surface area contributed by atoms with Gasteiger partial charge in [0.1, 0.15) is 11.3 Å². The summed E-state index contributed by atoms with van der Waals surface area (Å²) in [5, 5.41) is 3.73. The molecule has 1 heterocycles. The molecule has 0 atom stereocenters. The summed E-state index contributed by atoms with van der Waals surface area (Å²) in [5.41, 5.74) is 5.69. The third kappa shape index (κ3) is 5.05. The minimum Gasteiger partial charge on any atom is -0.495 e. The van der Waals surface area contributed by atoms with E-state index in [4.69, 9.17) is 32.4 Å². The van der Waals surface area contributed by atoms with Crippen molar-refractivity contribution in [2.75, 3.05) is 12.4 Å². The van der Waals surface area contributed by atoms with Gasteiger partial charge in [0, 0.05) is 27.9 Å². The number of carbonyl (C=O) groups excluding carboxylic acids is 1. The number of hydrogen-bond acceptors (Lipinski definition) is 4. The molecule has 1 amide bonds. The Hall–Kier alpha value is -3.28. The van der Waals surface area contributed by atoms with Crippen LogP contribution in [0.4, 0.5) is 5.69 Å². The number of hydrogen-bond donors (Lipinski definition) is 1. The van der Waals surface area contributed by atoms with Crippen molar-refractivity contribution in [2.45, 2.75) is 20.3 Å². The van der Waals surface area contributed by atoms with Crippen molar-refractivity contribution in [2.24, 2.45) is 0 Å². The molecule has 0 aliphatic rings. The molecular formula is C26H22Cl2N2O3. The topological polar surface area (TPSA) is 64.4 Å². The third-order valence-corrected chi connectivity index (χ3v) is 5.76. The average molecular weight is 481 g/mol. The highest BCUT2D eigenvalue weighted by molar-refractivity contribution is 6.36. The highest BCUT2D eigenvalue weighted by Crippen LogP contribution is 2.33. The summed E-state index contributed by atoms with van der Waals surface area (Å²) < 4.78 is 11.2. The van der Waals surface area contributed by atoms with Gasteiger partial charge in [0.15, 0.2) is 5.58 Å². The van der Waals surface area contributed by atoms with Gasteiger partial charge < -0.3 is 14.5 Å². The largest absolute Gasteiger partial charge is 0.495 e. The van der Waals surface area contributed by atoms with Gasteiger partial charge in [-0.05, 0) is 66.9 Å². The lowest BCUT2D eigenvalue weighted by Crippen LogP contribution is -2.09. The normalized spacial score (nSPS) is 11.3. The second kappa shape index (κ2) is 9.69. The van der Waals surface area contributed by atoms with Crippen molar-refractivity contribution in [1.82, 2.24) is 4.98 Å². The Balaban J connectivity index is 1.58. The molecular weight excluding hydrogens is 459 g/mol. The first kappa shape index (κ1) is 22.9. The van der Waals surface area contributed by atoms with Gasteiger partial charge >= 0.3 is 0 Å². The Kier molecular flexibility index (Phi) is 6.72. The molecule has 0 saturated heterocycles. The van der Waals surface area contributed by atoms with Crippen LogP contribution >= 0.6 is 23.2 Å². The van der Waals surface area contributed by atoms with Crippen LogP contribution in [-0.4, -0.2) is 18.0 Å². The summed E-state index contributed by atoms with van der Waals surface area (Å²) in [4.78, 5) is 17.2. The maximum absolute atomic E-state index is 12.6. The van der Waals surface area contributed by atoms with Gasteiger partial charge in [-0.25, -0.2) is 4.98 Å². The van der Waals surface area contributed by atoms with Gasteiger partial charge in [-0.3, -0.25) is 4.79 Å². The Morgan fingerprint density at radius 3 is 2.73 bits per heavy atom. The Morgan fingerprint density at radius 1 is 1.15 bits per heavy atom. The second-order valence-corrected chi connectivity index (χ2v) is 8.38. The number of anilines is 1. The molecule has 33 heavy (non-hydrogen) atoms. The molecule has 4 aromatic rings. The van der Waals surface area contributed by atoms with E-state index in [9.17, 15) is 4.79 Å². The van der Waals surface area contributed by atoms with Crippen LogP contribution in [0.2, 0.25) is 10.0 Å². The van der Waals surface area contributed by atoms with Gasteiger partial charge in [0.05, 0.1) is 12.1 Å². The number of nitrogens with zero attached hydrogens (tertiary/aromatic N) is 1. The number of aromatic nitrogens is 1. The lowest BCUT2D eigenvalue weighted by molar-refractivity contribution is -0.111. The van der Waals surface area contributed by atoms with E-state index in [1.54, 1.807) is 18.2 Å². The SMILES string of the molecule is CCc1ccc2oc(-c3ccc(C)c(NC(=O)C=Cc4cc(Cl)cc(Cl)c4OC)c3)nc2c1. The summed E-state index contributed by atoms with van der Waals surface area (Å²) in [5.74, 6) is 0.645. The zero-order valence-corrected chi connectivity index (χ0v) is 19.9. The smallest absolute Gasteiger partial charge is 0.248 e. The van der Waals surface area contributed by atoms with Crippen LogP contribution in [0, 0.1) is 6.92 Å². The van der Waals surface area contributed by atoms with Crippen LogP contribution in [0.25, 0.3) is 28.6 Å². The molecule has 1 N–H and O–H groups in total. The lowest BCUT2D eigenvalue weighted by Gasteiger charge is -2.09. The van der Waals surface area contributed by atoms with Gasteiger partial charge in [-0.15, -0.1) is 0 Å². The zero-order chi connectivity index (χ0) is 23.5. The monoisotopic (exact) mass is 480 g/mol. The van der Waals surface area contributed by atoms with E-state index in [-0.39, 0.29) is 5.91 Å². The Labute approximate surface area is 202 Å². The number of benzene rings is 3. The minimum absolute atomic E-state index is 0.307. The fourth-order valence-electron chi connectivity index (χ4n) is 3.47. The molecule has 0 unspecified atom stereocenters. The summed E-state index contributed by atoms with van der Waals surface area (Å²) in [6.45, 7) is 4.02. The first-order valence-electron chi connectivity index (χ1n) is 10.4. The van der Waals surface area contributed by atoms with E-state index in [1.165, 1.54) is 18.7 Å². The van der Waals surface area contributed by atoms with E-state index in [1.807, 2.05) is 43.3 Å². The standard InChI is InChI=1S/C26H22Cl2N2O3/c1-4-16-6-9-23-22(11-16)30-26(33-23)18-7-5-15(2)21(13-18)29-24(31)10-8-17-12-19(27)14-20(28)25(17)32-3/h5-14H,4H2,1-3H3,(H,29,31). The minimum atomic E-state index is -0.307. The number of nitrogens with one attached hydrogen (secondary N) is 1. The maximum Gasteiger partial charge on any atom is 0.248 e. The van der Waals surface area contributed by atoms with E-state index >= 15 is 0 Å². The molecule has 0 aliphatic carbocycles. The number of oxazole rings is 1. The Morgan fingerprint density at radius 2 is 1.97 bits per heavy atom. The number of fused-ring (bicyclic) bond motifs is 1. The number of amides is 1. The fraction of sp³-hybridized carbons (Fsp3) is 0.154. The van der Waals surface area contributed by atoms with E-state index in [0.717, 1.165) is 28.6 Å². The summed E-state index contributed by atoms with van der Waals surface area (Å²) in [7, 11) is 1.51. The van der Waals surface area contributed by atoms with Crippen LogP contribution in [0.3, 0.4) is 0 Å². The molecule has 0 aliphatic heterocycles. The van der Waals surface area contributed by atoms with Gasteiger partial charge in [-0.2, -0.15) is 0 Å². The summed E-state index contributed by atoms with van der Waals surface area (Å²) in [6.07, 6.45) is 3.94. The van der Waals surface area contributed by atoms with E-state index < -0.39 is 0 Å². The highest BCUT2D eigenvalue weighted by Gasteiger charge is 2.12. The number of halogens is 2. The van der Waals surface area contributed by atoms with Crippen LogP contribution < -0.4 is 10.1 Å². The predicted octanol–water partition coefficient (Wildman–Crippen LogP) is 7.33. The molecule has 0 bridgehead atoms. The average Bonchev–Trinajstić information content (AvgIpc) is 3.22. The van der Waals surface area contributed by atoms with Gasteiger partial charge in [0.25, 0.3) is 0 Å². The van der Waals surface area contributed by atoms with E-state index in [2.05, 4.69) is 17.2 Å². The van der Waals surface area contributed by atoms with Crippen molar-refractivity contribution in [3.63, 3.8) is 0 Å². The lowest BCUT2D eigenvalue weighted by atomic mass is 10.1. The molecule has 0 radical (unpaired) electrons. The molecule has 0 spiro atoms. The molecule has 7 heteroatoms. The molecule has 0 fully saturated rings. The van der Waals surface area contributed by atoms with Crippen LogP contribution in [-0.2, 0) is 11.2 Å². The zero-order valence-electron chi connectivity index (χ0n) is 18.4. The van der Waals surface area contributed by atoms with Crippen molar-refractivity contribution in [1.29, 1.82) is 0 Å². The molecule has 1 aromatic heterocycles. The number of carbonyl (C=O) groups is 1. The summed E-state index contributed by atoms with van der Waals surface area (Å²) in [6, 6.07) is 15.0. The Bertz CT molecular complexity index is 1380. The van der Waals surface area contributed by atoms with Crippen LogP contribution in [0.5, 0.6) is 5.75 Å². The van der Waals surface area contributed by atoms with E-state index in [0.29, 0.717) is 32.9 Å². The second-order valence-electron chi connectivity index (χ2n) is 7.54. The predicted molar refractivity (Wildman–Crippen MR) is 134 cm³/mol. The maximum atomic E-state index is 12.6. The van der Waals surface area contributed by atoms with Crippen molar-refractivity contribution in [3.8, 4) is 17.2 Å². The summed E-state index contributed by atoms with van der Waals surface area (Å²) >= 11 is 12.2. The highest BCUT2D eigenvalue weighted by atomic mass is 35.5. The quantitative estimate of drug-likeness (QED) is 0.293. The number of aryl methyl sites for hydroxylation is 2. The van der Waals surface area contributed by atoms with Gasteiger partial charge in [0.2, 0.25) is 11.8 Å². The molecule has 4 rings (SSSR count). The molecule has 3 aromatic carbocycles. The van der Waals surface area contributed by atoms with Crippen LogP contribution in [0.15, 0.2) is 59.0 Å². The molecule has 168 valence electrons. The number of methoxy groups -OCH3 is 1. The first-order valence-corrected chi connectivity index (χ1v) is 11.2. The van der Waals surface area contributed by atoms with Crippen molar-refractivity contribution < 1.29 is 13.9 Å². The molecule has 5 nitrogen and oxygen atoms in total. The van der Waals surface area contributed by atoms with Crippen molar-refractivity contribution >= 4 is 52.0 Å². The third-order valence-electron chi connectivity index (χ3n) is 5.26. The van der Waals surface area contributed by atoms with Crippen LogP contribution in [0.1, 0.15) is 23.6 Å².